The smallest absolute Gasteiger partial charge is 0.225 e. The lowest BCUT2D eigenvalue weighted by molar-refractivity contribution is -0.116. The molecule has 1 amide bonds. The number of rotatable bonds is 9. The van der Waals surface area contributed by atoms with Crippen molar-refractivity contribution in [1.29, 1.82) is 0 Å². The molecule has 1 rings (SSSR count). The summed E-state index contributed by atoms with van der Waals surface area (Å²) in [5, 5.41) is 6.45. The van der Waals surface area contributed by atoms with Gasteiger partial charge in [-0.25, -0.2) is 0 Å². The second kappa shape index (κ2) is 9.58. The Balaban J connectivity index is 2.26. The highest BCUT2D eigenvalue weighted by Gasteiger charge is 2.05. The van der Waals surface area contributed by atoms with Gasteiger partial charge in [0.1, 0.15) is 5.75 Å². The monoisotopic (exact) mass is 300 g/mol. The first kappa shape index (κ1) is 16.8. The molecule has 5 nitrogen and oxygen atoms in total. The number of benzene rings is 1. The predicted molar refractivity (Wildman–Crippen MR) is 80.6 cm³/mol. The number of nitrogens with one attached hydrogen (secondary N) is 2. The summed E-state index contributed by atoms with van der Waals surface area (Å²) in [5.41, 5.74) is 0.667. The predicted octanol–water partition coefficient (Wildman–Crippen LogP) is 2.30. The van der Waals surface area contributed by atoms with Gasteiger partial charge in [0.2, 0.25) is 5.91 Å². The fourth-order valence-corrected chi connectivity index (χ4v) is 1.89. The number of methoxy groups -OCH3 is 2. The third-order valence-electron chi connectivity index (χ3n) is 2.67. The Morgan fingerprint density at radius 1 is 1.30 bits per heavy atom. The van der Waals surface area contributed by atoms with Crippen LogP contribution in [0.15, 0.2) is 18.2 Å². The molecule has 0 saturated carbocycles. The average molecular weight is 301 g/mol. The van der Waals surface area contributed by atoms with Gasteiger partial charge in [0.25, 0.3) is 0 Å². The number of carbonyl (C=O) groups is 1. The number of halogens is 1. The minimum atomic E-state index is -0.0505. The van der Waals surface area contributed by atoms with Crippen molar-refractivity contribution < 1.29 is 14.3 Å². The molecule has 1 aromatic carbocycles. The van der Waals surface area contributed by atoms with Crippen molar-refractivity contribution in [3.8, 4) is 5.75 Å². The van der Waals surface area contributed by atoms with Crippen LogP contribution in [0.4, 0.5) is 5.69 Å². The maximum atomic E-state index is 11.7. The van der Waals surface area contributed by atoms with Gasteiger partial charge in [-0.3, -0.25) is 4.79 Å². The number of anilines is 1. The second-order valence-electron chi connectivity index (χ2n) is 4.24. The van der Waals surface area contributed by atoms with Gasteiger partial charge >= 0.3 is 0 Å². The molecule has 2 N–H and O–H groups in total. The van der Waals surface area contributed by atoms with Crippen LogP contribution in [0.1, 0.15) is 12.8 Å². The number of ether oxygens (including phenoxy) is 2. The zero-order valence-corrected chi connectivity index (χ0v) is 12.6. The first-order valence-corrected chi connectivity index (χ1v) is 6.88. The number of hydrogen-bond acceptors (Lipinski definition) is 4. The van der Waals surface area contributed by atoms with E-state index in [2.05, 4.69) is 10.6 Å². The minimum absolute atomic E-state index is 0.0505. The van der Waals surface area contributed by atoms with Gasteiger partial charge in [0.05, 0.1) is 12.1 Å². The molecule has 0 aliphatic rings. The highest BCUT2D eigenvalue weighted by molar-refractivity contribution is 6.32. The Bertz CT molecular complexity index is 427. The fraction of sp³-hybridized carbons (Fsp3) is 0.500. The fourth-order valence-electron chi connectivity index (χ4n) is 1.64. The second-order valence-corrected chi connectivity index (χ2v) is 4.65. The van der Waals surface area contributed by atoms with Crippen LogP contribution in [0.25, 0.3) is 0 Å². The Kier molecular flexibility index (Phi) is 8.02. The van der Waals surface area contributed by atoms with Crippen LogP contribution in [0.3, 0.4) is 0 Å². The van der Waals surface area contributed by atoms with Gasteiger partial charge in [0.15, 0.2) is 0 Å². The van der Waals surface area contributed by atoms with Gasteiger partial charge in [0, 0.05) is 32.4 Å². The molecule has 1 aromatic rings. The van der Waals surface area contributed by atoms with Crippen LogP contribution >= 0.6 is 11.6 Å². The lowest BCUT2D eigenvalue weighted by Crippen LogP contribution is -2.23. The molecular weight excluding hydrogens is 280 g/mol. The van der Waals surface area contributed by atoms with Crippen LogP contribution in [0.5, 0.6) is 5.75 Å². The molecule has 0 aliphatic carbocycles. The molecule has 0 aromatic heterocycles. The Morgan fingerprint density at radius 2 is 2.10 bits per heavy atom. The summed E-state index contributed by atoms with van der Waals surface area (Å²) in [6, 6.07) is 5.15. The summed E-state index contributed by atoms with van der Waals surface area (Å²) < 4.78 is 9.99. The summed E-state index contributed by atoms with van der Waals surface area (Å²) in [6.45, 7) is 2.21. The first-order chi connectivity index (χ1) is 9.67. The van der Waals surface area contributed by atoms with Crippen molar-refractivity contribution in [2.45, 2.75) is 12.8 Å². The van der Waals surface area contributed by atoms with Crippen molar-refractivity contribution in [3.63, 3.8) is 0 Å². The van der Waals surface area contributed by atoms with E-state index in [-0.39, 0.29) is 5.91 Å². The largest absolute Gasteiger partial charge is 0.495 e. The third-order valence-corrected chi connectivity index (χ3v) is 2.96. The molecule has 0 fully saturated rings. The summed E-state index contributed by atoms with van der Waals surface area (Å²) in [6.07, 6.45) is 1.35. The highest BCUT2D eigenvalue weighted by atomic mass is 35.5. The van der Waals surface area contributed by atoms with Crippen LogP contribution in [-0.4, -0.2) is 39.8 Å². The standard InChI is InChI=1S/C14H21ClN2O3/c1-19-9-3-7-16-8-6-14(18)17-11-4-5-13(20-2)12(15)10-11/h4-5,10,16H,3,6-9H2,1-2H3,(H,17,18). The molecular formula is C14H21ClN2O3. The molecule has 0 spiro atoms. The Labute approximate surface area is 124 Å². The molecule has 0 bridgehead atoms. The number of hydrogen-bond donors (Lipinski definition) is 2. The van der Waals surface area contributed by atoms with Crippen molar-refractivity contribution in [2.24, 2.45) is 0 Å². The van der Waals surface area contributed by atoms with Crippen LogP contribution in [-0.2, 0) is 9.53 Å². The maximum absolute atomic E-state index is 11.7. The zero-order valence-electron chi connectivity index (χ0n) is 11.9. The van der Waals surface area contributed by atoms with Crippen molar-refractivity contribution in [1.82, 2.24) is 5.32 Å². The van der Waals surface area contributed by atoms with E-state index in [4.69, 9.17) is 21.1 Å². The number of carbonyl (C=O) groups excluding carboxylic acids is 1. The average Bonchev–Trinajstić information content (AvgIpc) is 2.43. The van der Waals surface area contributed by atoms with E-state index in [1.54, 1.807) is 32.4 Å². The van der Waals surface area contributed by atoms with Crippen LogP contribution in [0, 0.1) is 0 Å². The SMILES string of the molecule is COCCCNCCC(=O)Nc1ccc(OC)c(Cl)c1. The summed E-state index contributed by atoms with van der Waals surface area (Å²) in [5.74, 6) is 0.537. The van der Waals surface area contributed by atoms with E-state index in [1.807, 2.05) is 0 Å². The minimum Gasteiger partial charge on any atom is -0.495 e. The Morgan fingerprint density at radius 3 is 2.75 bits per heavy atom. The van der Waals surface area contributed by atoms with E-state index in [1.165, 1.54) is 0 Å². The summed E-state index contributed by atoms with van der Waals surface area (Å²) in [4.78, 5) is 11.7. The third kappa shape index (κ3) is 6.23. The molecule has 0 unspecified atom stereocenters. The molecule has 0 atom stereocenters. The maximum Gasteiger partial charge on any atom is 0.225 e. The summed E-state index contributed by atoms with van der Waals surface area (Å²) >= 11 is 5.99. The van der Waals surface area contributed by atoms with E-state index in [9.17, 15) is 4.79 Å². The van der Waals surface area contributed by atoms with Crippen molar-refractivity contribution in [3.05, 3.63) is 23.2 Å². The molecule has 0 aliphatic heterocycles. The lowest BCUT2D eigenvalue weighted by Gasteiger charge is -2.08. The van der Waals surface area contributed by atoms with Crippen molar-refractivity contribution in [2.75, 3.05) is 39.2 Å². The first-order valence-electron chi connectivity index (χ1n) is 6.50. The van der Waals surface area contributed by atoms with E-state index in [0.29, 0.717) is 29.4 Å². The lowest BCUT2D eigenvalue weighted by atomic mass is 10.3. The topological polar surface area (TPSA) is 59.6 Å². The molecule has 0 saturated heterocycles. The Hall–Kier alpha value is -1.30. The van der Waals surface area contributed by atoms with Crippen molar-refractivity contribution >= 4 is 23.2 Å². The molecule has 20 heavy (non-hydrogen) atoms. The van der Waals surface area contributed by atoms with Gasteiger partial charge in [-0.2, -0.15) is 0 Å². The van der Waals surface area contributed by atoms with Gasteiger partial charge < -0.3 is 20.1 Å². The number of amides is 1. The van der Waals surface area contributed by atoms with Gasteiger partial charge in [-0.15, -0.1) is 0 Å². The molecule has 112 valence electrons. The van der Waals surface area contributed by atoms with E-state index < -0.39 is 0 Å². The molecule has 0 radical (unpaired) electrons. The highest BCUT2D eigenvalue weighted by Crippen LogP contribution is 2.27. The van der Waals surface area contributed by atoms with Gasteiger partial charge in [-0.1, -0.05) is 11.6 Å². The van der Waals surface area contributed by atoms with Crippen LogP contribution < -0.4 is 15.4 Å². The molecule has 0 heterocycles. The van der Waals surface area contributed by atoms with Crippen LogP contribution in [0.2, 0.25) is 5.02 Å². The van der Waals surface area contributed by atoms with Gasteiger partial charge in [-0.05, 0) is 31.2 Å². The molecule has 6 heteroatoms. The van der Waals surface area contributed by atoms with E-state index >= 15 is 0 Å². The summed E-state index contributed by atoms with van der Waals surface area (Å²) in [7, 11) is 3.22. The normalized spacial score (nSPS) is 10.3. The quantitative estimate of drug-likeness (QED) is 0.687. The zero-order chi connectivity index (χ0) is 14.8. The van der Waals surface area contributed by atoms with E-state index in [0.717, 1.165) is 19.6 Å².